The minimum absolute atomic E-state index is 0.128. The highest BCUT2D eigenvalue weighted by atomic mass is 16.2. The number of rotatable bonds is 6. The fraction of sp³-hybridized carbons (Fsp3) is 0.381. The standard InChI is InChI=1S/C21H23N3O4/c1-4-5-8-24-20(27)15-7-6-14(10-16(15)21(24)28)18(25)22-11-17-12(2)9-13(3)23-19(17)26/h6-7,9-10,17H,4-5,8,11H2,1-3H3,(H,22,25). The number of hydrogen-bond acceptors (Lipinski definition) is 4. The molecule has 7 nitrogen and oxygen atoms in total. The fourth-order valence-corrected chi connectivity index (χ4v) is 3.41. The molecule has 0 aliphatic carbocycles. The van der Waals surface area contributed by atoms with Gasteiger partial charge < -0.3 is 5.32 Å². The molecule has 0 aromatic heterocycles. The van der Waals surface area contributed by atoms with E-state index in [0.717, 1.165) is 18.4 Å². The van der Waals surface area contributed by atoms with Crippen LogP contribution >= 0.6 is 0 Å². The molecule has 0 saturated heterocycles. The average Bonchev–Trinajstić information content (AvgIpc) is 2.89. The Bertz CT molecular complexity index is 930. The minimum Gasteiger partial charge on any atom is -0.351 e. The molecule has 1 aromatic rings. The molecule has 0 bridgehead atoms. The number of dihydropyridines is 1. The topological polar surface area (TPSA) is 95.9 Å². The summed E-state index contributed by atoms with van der Waals surface area (Å²) in [4.78, 5) is 54.6. The van der Waals surface area contributed by atoms with E-state index in [-0.39, 0.29) is 35.4 Å². The van der Waals surface area contributed by atoms with Crippen molar-refractivity contribution in [2.24, 2.45) is 10.9 Å². The number of carbonyl (C=O) groups is 4. The Morgan fingerprint density at radius 2 is 1.86 bits per heavy atom. The zero-order chi connectivity index (χ0) is 20.4. The summed E-state index contributed by atoms with van der Waals surface area (Å²) in [6.45, 7) is 6.07. The first-order valence-corrected chi connectivity index (χ1v) is 9.39. The van der Waals surface area contributed by atoms with Crippen molar-refractivity contribution >= 4 is 29.3 Å². The van der Waals surface area contributed by atoms with Gasteiger partial charge in [0.2, 0.25) is 0 Å². The second-order valence-electron chi connectivity index (χ2n) is 7.12. The lowest BCUT2D eigenvalue weighted by Crippen LogP contribution is -2.34. The van der Waals surface area contributed by atoms with Crippen LogP contribution in [-0.2, 0) is 4.79 Å². The van der Waals surface area contributed by atoms with E-state index in [4.69, 9.17) is 0 Å². The Balaban J connectivity index is 1.71. The second-order valence-corrected chi connectivity index (χ2v) is 7.12. The van der Waals surface area contributed by atoms with Gasteiger partial charge in [0, 0.05) is 24.4 Å². The van der Waals surface area contributed by atoms with Crippen LogP contribution in [0.25, 0.3) is 0 Å². The zero-order valence-electron chi connectivity index (χ0n) is 16.2. The minimum atomic E-state index is -0.491. The number of allylic oxidation sites excluding steroid dienone is 1. The molecule has 0 radical (unpaired) electrons. The molecule has 146 valence electrons. The van der Waals surface area contributed by atoms with E-state index >= 15 is 0 Å². The van der Waals surface area contributed by atoms with Gasteiger partial charge in [0.25, 0.3) is 23.6 Å². The van der Waals surface area contributed by atoms with Crippen LogP contribution in [0, 0.1) is 5.92 Å². The van der Waals surface area contributed by atoms with Crippen molar-refractivity contribution in [2.45, 2.75) is 33.6 Å². The number of unbranched alkanes of at least 4 members (excludes halogenated alkanes) is 1. The average molecular weight is 381 g/mol. The van der Waals surface area contributed by atoms with Gasteiger partial charge in [-0.3, -0.25) is 24.1 Å². The molecule has 0 fully saturated rings. The Hall–Kier alpha value is -3.09. The first kappa shape index (κ1) is 19.7. The summed E-state index contributed by atoms with van der Waals surface area (Å²) in [5.41, 5.74) is 2.35. The monoisotopic (exact) mass is 381 g/mol. The SMILES string of the molecule is CCCCN1C(=O)c2ccc(C(=O)NCC3C(=O)N=C(C)C=C3C)cc2C1=O. The van der Waals surface area contributed by atoms with Crippen molar-refractivity contribution in [3.8, 4) is 0 Å². The predicted octanol–water partition coefficient (Wildman–Crippen LogP) is 2.38. The molecule has 1 aromatic carbocycles. The number of nitrogens with one attached hydrogen (secondary N) is 1. The van der Waals surface area contributed by atoms with Crippen molar-refractivity contribution in [1.29, 1.82) is 0 Å². The first-order valence-electron chi connectivity index (χ1n) is 9.39. The third-order valence-corrected chi connectivity index (χ3v) is 5.01. The van der Waals surface area contributed by atoms with Crippen LogP contribution in [0.1, 0.15) is 64.7 Å². The fourth-order valence-electron chi connectivity index (χ4n) is 3.41. The van der Waals surface area contributed by atoms with Gasteiger partial charge in [-0.25, -0.2) is 4.99 Å². The number of benzene rings is 1. The van der Waals surface area contributed by atoms with E-state index in [9.17, 15) is 19.2 Å². The quantitative estimate of drug-likeness (QED) is 0.765. The molecular formula is C21H23N3O4. The summed E-state index contributed by atoms with van der Waals surface area (Å²) >= 11 is 0. The molecule has 2 heterocycles. The Labute approximate surface area is 163 Å². The van der Waals surface area contributed by atoms with Gasteiger partial charge >= 0.3 is 0 Å². The van der Waals surface area contributed by atoms with E-state index < -0.39 is 11.8 Å². The molecule has 1 unspecified atom stereocenters. The van der Waals surface area contributed by atoms with E-state index in [2.05, 4.69) is 10.3 Å². The number of hydrogen-bond donors (Lipinski definition) is 1. The van der Waals surface area contributed by atoms with Gasteiger partial charge in [-0.05, 0) is 44.5 Å². The maximum absolute atomic E-state index is 12.5. The van der Waals surface area contributed by atoms with Gasteiger partial charge in [-0.15, -0.1) is 0 Å². The van der Waals surface area contributed by atoms with Gasteiger partial charge in [0.1, 0.15) is 0 Å². The van der Waals surface area contributed by atoms with Gasteiger partial charge in [-0.1, -0.05) is 18.9 Å². The van der Waals surface area contributed by atoms with Crippen molar-refractivity contribution in [3.05, 3.63) is 46.5 Å². The smallest absolute Gasteiger partial charge is 0.261 e. The number of nitrogens with zero attached hydrogens (tertiary/aromatic N) is 2. The molecular weight excluding hydrogens is 358 g/mol. The molecule has 0 saturated carbocycles. The number of imide groups is 1. The van der Waals surface area contributed by atoms with Crippen LogP contribution in [0.4, 0.5) is 0 Å². The maximum Gasteiger partial charge on any atom is 0.261 e. The summed E-state index contributed by atoms with van der Waals surface area (Å²) in [6.07, 6.45) is 3.43. The molecule has 1 atom stereocenters. The highest BCUT2D eigenvalue weighted by molar-refractivity contribution is 6.22. The highest BCUT2D eigenvalue weighted by Gasteiger charge is 2.35. The van der Waals surface area contributed by atoms with Gasteiger partial charge in [0.05, 0.1) is 17.0 Å². The highest BCUT2D eigenvalue weighted by Crippen LogP contribution is 2.24. The number of amides is 4. The molecule has 2 aliphatic rings. The Morgan fingerprint density at radius 1 is 1.14 bits per heavy atom. The van der Waals surface area contributed by atoms with Crippen LogP contribution < -0.4 is 5.32 Å². The number of carbonyl (C=O) groups excluding carboxylic acids is 4. The van der Waals surface area contributed by atoms with Crippen LogP contribution in [0.15, 0.2) is 34.8 Å². The number of aliphatic imine (C=N–C) groups is 1. The summed E-state index contributed by atoms with van der Waals surface area (Å²) in [5, 5.41) is 2.73. The van der Waals surface area contributed by atoms with E-state index in [1.54, 1.807) is 6.92 Å². The van der Waals surface area contributed by atoms with Crippen molar-refractivity contribution in [3.63, 3.8) is 0 Å². The third kappa shape index (κ3) is 3.65. The summed E-state index contributed by atoms with van der Waals surface area (Å²) in [5.74, 6) is -1.85. The Kier molecular flexibility index (Phi) is 5.53. The lowest BCUT2D eigenvalue weighted by Gasteiger charge is -2.18. The normalized spacial score (nSPS) is 18.8. The van der Waals surface area contributed by atoms with Crippen molar-refractivity contribution in [1.82, 2.24) is 10.2 Å². The molecule has 28 heavy (non-hydrogen) atoms. The predicted molar refractivity (Wildman–Crippen MR) is 104 cm³/mol. The molecule has 4 amide bonds. The van der Waals surface area contributed by atoms with E-state index in [1.807, 2.05) is 19.9 Å². The molecule has 0 spiro atoms. The third-order valence-electron chi connectivity index (χ3n) is 5.01. The lowest BCUT2D eigenvalue weighted by atomic mass is 9.95. The summed E-state index contributed by atoms with van der Waals surface area (Å²) in [7, 11) is 0. The van der Waals surface area contributed by atoms with Crippen LogP contribution in [-0.4, -0.2) is 47.3 Å². The lowest BCUT2D eigenvalue weighted by molar-refractivity contribution is -0.120. The molecule has 7 heteroatoms. The zero-order valence-corrected chi connectivity index (χ0v) is 16.2. The van der Waals surface area contributed by atoms with Crippen LogP contribution in [0.3, 0.4) is 0 Å². The van der Waals surface area contributed by atoms with E-state index in [1.165, 1.54) is 23.1 Å². The van der Waals surface area contributed by atoms with Crippen LogP contribution in [0.5, 0.6) is 0 Å². The largest absolute Gasteiger partial charge is 0.351 e. The molecule has 3 rings (SSSR count). The summed E-state index contributed by atoms with van der Waals surface area (Å²) < 4.78 is 0. The maximum atomic E-state index is 12.5. The number of fused-ring (bicyclic) bond motifs is 1. The summed E-state index contributed by atoms with van der Waals surface area (Å²) in [6, 6.07) is 4.49. The van der Waals surface area contributed by atoms with Gasteiger partial charge in [-0.2, -0.15) is 0 Å². The Morgan fingerprint density at radius 3 is 2.54 bits per heavy atom. The molecule has 1 N–H and O–H groups in total. The second kappa shape index (κ2) is 7.88. The van der Waals surface area contributed by atoms with Crippen LogP contribution in [0.2, 0.25) is 0 Å². The van der Waals surface area contributed by atoms with Crippen molar-refractivity contribution in [2.75, 3.05) is 13.1 Å². The van der Waals surface area contributed by atoms with E-state index in [0.29, 0.717) is 17.8 Å². The van der Waals surface area contributed by atoms with Gasteiger partial charge in [0.15, 0.2) is 0 Å². The van der Waals surface area contributed by atoms with Crippen molar-refractivity contribution < 1.29 is 19.2 Å². The first-order chi connectivity index (χ1) is 13.3. The molecule has 2 aliphatic heterocycles.